The van der Waals surface area contributed by atoms with Gasteiger partial charge >= 0.3 is 0 Å². The molecule has 2 heterocycles. The Morgan fingerprint density at radius 1 is 1.23 bits per heavy atom. The number of aromatic nitrogens is 3. The fourth-order valence-corrected chi connectivity index (χ4v) is 4.90. The number of nitrogens with zero attached hydrogens (tertiary/aromatic N) is 3. The number of rotatable bonds is 4. The van der Waals surface area contributed by atoms with E-state index in [1.807, 2.05) is 26.2 Å². The summed E-state index contributed by atoms with van der Waals surface area (Å²) in [5.74, 6) is 2.55. The first-order valence-electron chi connectivity index (χ1n) is 11.6. The first-order valence-corrected chi connectivity index (χ1v) is 11.6. The van der Waals surface area contributed by atoms with E-state index >= 15 is 0 Å². The van der Waals surface area contributed by atoms with Crippen LogP contribution in [0, 0.1) is 17.8 Å². The van der Waals surface area contributed by atoms with Crippen molar-refractivity contribution in [1.82, 2.24) is 19.9 Å². The van der Waals surface area contributed by atoms with Crippen molar-refractivity contribution >= 4 is 18.0 Å². The third kappa shape index (κ3) is 7.46. The number of nitrogens with one attached hydrogen (secondary N) is 2. The predicted octanol–water partition coefficient (Wildman–Crippen LogP) is 4.73. The van der Waals surface area contributed by atoms with Gasteiger partial charge in [0.05, 0.1) is 11.7 Å². The Bertz CT molecular complexity index is 804. The summed E-state index contributed by atoms with van der Waals surface area (Å²) >= 11 is 0. The molecule has 0 aromatic carbocycles. The van der Waals surface area contributed by atoms with Crippen LogP contribution >= 0.6 is 0 Å². The maximum Gasteiger partial charge on any atom is 0.154 e. The minimum atomic E-state index is 0.658. The van der Waals surface area contributed by atoms with E-state index in [1.54, 1.807) is 0 Å². The molecule has 3 atom stereocenters. The zero-order valence-electron chi connectivity index (χ0n) is 20.1. The van der Waals surface area contributed by atoms with Crippen LogP contribution in [0.5, 0.6) is 0 Å². The SMILES string of the molecule is C=C.C=O.CC1CCCC1.CC[C@H]1CC(NC)CC1Cn1c(=NC)cnc2[nH]ccc21. The van der Waals surface area contributed by atoms with Gasteiger partial charge in [0.15, 0.2) is 5.65 Å². The van der Waals surface area contributed by atoms with Gasteiger partial charge in [0.1, 0.15) is 12.3 Å². The van der Waals surface area contributed by atoms with Gasteiger partial charge in [-0.1, -0.05) is 46.0 Å². The third-order valence-electron chi connectivity index (χ3n) is 6.64. The molecule has 31 heavy (non-hydrogen) atoms. The minimum Gasteiger partial charge on any atom is -0.345 e. The number of fused-ring (bicyclic) bond motifs is 1. The maximum absolute atomic E-state index is 8.00. The van der Waals surface area contributed by atoms with Crippen LogP contribution in [0.15, 0.2) is 36.6 Å². The molecule has 2 unspecified atom stereocenters. The van der Waals surface area contributed by atoms with Crippen molar-refractivity contribution in [1.29, 1.82) is 0 Å². The Morgan fingerprint density at radius 3 is 2.39 bits per heavy atom. The normalized spacial score (nSPS) is 23.4. The van der Waals surface area contributed by atoms with Gasteiger partial charge in [-0.15, -0.1) is 13.2 Å². The van der Waals surface area contributed by atoms with E-state index in [0.717, 1.165) is 35.0 Å². The van der Waals surface area contributed by atoms with Crippen LogP contribution in [0.3, 0.4) is 0 Å². The molecule has 2 aliphatic rings. The standard InChI is InChI=1S/C16H25N5.C6H12.C2H4.CH2O/c1-4-11-7-13(17-2)8-12(11)10-21-14-5-6-19-16(14)20-9-15(21)18-3;1-6-4-2-3-5-6;2*1-2/h5-6,9,11-13,17,19H,4,7-8,10H2,1-3H3;6H,2-5H2,1H3;1-2H2;1H2/t11-,12?,13?;;;/m0.../s1. The molecule has 2 fully saturated rings. The topological polar surface area (TPSA) is 75.1 Å². The molecule has 0 aliphatic heterocycles. The molecule has 0 radical (unpaired) electrons. The van der Waals surface area contributed by atoms with Crippen LogP contribution in [0.25, 0.3) is 11.2 Å². The Labute approximate surface area is 188 Å². The maximum atomic E-state index is 8.00. The zero-order valence-corrected chi connectivity index (χ0v) is 20.1. The molecule has 6 nitrogen and oxygen atoms in total. The van der Waals surface area contributed by atoms with E-state index in [-0.39, 0.29) is 0 Å². The van der Waals surface area contributed by atoms with Gasteiger partial charge < -0.3 is 19.7 Å². The average Bonchev–Trinajstić information content (AvgIpc) is 3.58. The van der Waals surface area contributed by atoms with E-state index in [4.69, 9.17) is 4.79 Å². The molecule has 4 rings (SSSR count). The van der Waals surface area contributed by atoms with Crippen LogP contribution < -0.4 is 10.8 Å². The number of hydrogen-bond donors (Lipinski definition) is 2. The third-order valence-corrected chi connectivity index (χ3v) is 6.64. The van der Waals surface area contributed by atoms with Crippen molar-refractivity contribution < 1.29 is 4.79 Å². The number of H-pyrrole nitrogens is 1. The number of aromatic amines is 1. The molecule has 2 aliphatic carbocycles. The molecule has 2 aromatic rings. The largest absolute Gasteiger partial charge is 0.345 e. The highest BCUT2D eigenvalue weighted by Gasteiger charge is 2.32. The lowest BCUT2D eigenvalue weighted by molar-refractivity contribution is -0.0979. The van der Waals surface area contributed by atoms with E-state index < -0.39 is 0 Å². The molecular formula is C25H43N5O. The molecule has 2 aromatic heterocycles. The summed E-state index contributed by atoms with van der Waals surface area (Å²) in [6.45, 7) is 13.7. The van der Waals surface area contributed by atoms with Gasteiger partial charge in [-0.05, 0) is 43.7 Å². The molecule has 6 heteroatoms. The summed E-state index contributed by atoms with van der Waals surface area (Å²) < 4.78 is 2.32. The highest BCUT2D eigenvalue weighted by atomic mass is 16.1. The van der Waals surface area contributed by atoms with E-state index in [9.17, 15) is 0 Å². The van der Waals surface area contributed by atoms with Crippen LogP contribution in [0.1, 0.15) is 58.8 Å². The Kier molecular flexibility index (Phi) is 12.8. The summed E-state index contributed by atoms with van der Waals surface area (Å²) in [4.78, 5) is 20.0. The van der Waals surface area contributed by atoms with Gasteiger partial charge in [-0.2, -0.15) is 0 Å². The van der Waals surface area contributed by atoms with Gasteiger partial charge in [0, 0.05) is 25.8 Å². The van der Waals surface area contributed by atoms with Crippen LogP contribution in [-0.2, 0) is 11.3 Å². The highest BCUT2D eigenvalue weighted by molar-refractivity contribution is 5.70. The van der Waals surface area contributed by atoms with Crippen molar-refractivity contribution in [3.8, 4) is 0 Å². The lowest BCUT2D eigenvalue weighted by Crippen LogP contribution is -2.27. The van der Waals surface area contributed by atoms with Crippen LogP contribution in [-0.4, -0.2) is 41.5 Å². The first-order chi connectivity index (χ1) is 15.2. The molecule has 0 spiro atoms. The quantitative estimate of drug-likeness (QED) is 0.690. The van der Waals surface area contributed by atoms with Crippen molar-refractivity contribution in [2.24, 2.45) is 22.7 Å². The number of hydrogen-bond acceptors (Lipinski definition) is 4. The fourth-order valence-electron chi connectivity index (χ4n) is 4.90. The predicted molar refractivity (Wildman–Crippen MR) is 131 cm³/mol. The fraction of sp³-hybridized carbons (Fsp3) is 0.640. The van der Waals surface area contributed by atoms with Crippen LogP contribution in [0.4, 0.5) is 0 Å². The number of carbonyl (C=O) groups is 1. The lowest BCUT2D eigenvalue weighted by Gasteiger charge is -2.20. The lowest BCUT2D eigenvalue weighted by atomic mass is 9.93. The second-order valence-electron chi connectivity index (χ2n) is 8.44. The van der Waals surface area contributed by atoms with Crippen molar-refractivity contribution in [3.05, 3.63) is 37.1 Å². The van der Waals surface area contributed by atoms with Crippen molar-refractivity contribution in [2.75, 3.05) is 14.1 Å². The first kappa shape index (κ1) is 26.8. The van der Waals surface area contributed by atoms with Crippen molar-refractivity contribution in [2.45, 2.75) is 71.4 Å². The second kappa shape index (κ2) is 14.7. The minimum absolute atomic E-state index is 0.658. The van der Waals surface area contributed by atoms with E-state index in [0.29, 0.717) is 12.0 Å². The second-order valence-corrected chi connectivity index (χ2v) is 8.44. The monoisotopic (exact) mass is 429 g/mol. The van der Waals surface area contributed by atoms with Crippen molar-refractivity contribution in [3.63, 3.8) is 0 Å². The average molecular weight is 430 g/mol. The molecule has 2 N–H and O–H groups in total. The summed E-state index contributed by atoms with van der Waals surface area (Å²) in [6, 6.07) is 2.76. The van der Waals surface area contributed by atoms with Gasteiger partial charge in [0.25, 0.3) is 0 Å². The molecular weight excluding hydrogens is 386 g/mol. The smallest absolute Gasteiger partial charge is 0.154 e. The van der Waals surface area contributed by atoms with E-state index in [1.165, 1.54) is 44.9 Å². The number of carbonyl (C=O) groups excluding carboxylic acids is 1. The molecule has 0 saturated heterocycles. The molecule has 174 valence electrons. The van der Waals surface area contributed by atoms with Crippen LogP contribution in [0.2, 0.25) is 0 Å². The summed E-state index contributed by atoms with van der Waals surface area (Å²) in [7, 11) is 3.92. The molecule has 2 saturated carbocycles. The molecule has 0 amide bonds. The zero-order chi connectivity index (χ0) is 23.2. The Hall–Kier alpha value is -2.21. The highest BCUT2D eigenvalue weighted by Crippen LogP contribution is 2.35. The summed E-state index contributed by atoms with van der Waals surface area (Å²) in [6.07, 6.45) is 13.6. The summed E-state index contributed by atoms with van der Waals surface area (Å²) in [5.41, 5.74) is 3.06. The van der Waals surface area contributed by atoms with Gasteiger partial charge in [-0.25, -0.2) is 4.98 Å². The Balaban J connectivity index is 0.000000404. The van der Waals surface area contributed by atoms with E-state index in [2.05, 4.69) is 65.0 Å². The Morgan fingerprint density at radius 2 is 1.87 bits per heavy atom. The molecule has 0 bridgehead atoms. The van der Waals surface area contributed by atoms with Gasteiger partial charge in [-0.3, -0.25) is 4.99 Å². The summed E-state index contributed by atoms with van der Waals surface area (Å²) in [5, 5.41) is 3.45. The van der Waals surface area contributed by atoms with Gasteiger partial charge in [0.2, 0.25) is 0 Å².